The van der Waals surface area contributed by atoms with E-state index in [4.69, 9.17) is 30.5 Å². The van der Waals surface area contributed by atoms with Gasteiger partial charge in [0.05, 0.1) is 12.8 Å². The van der Waals surface area contributed by atoms with Gasteiger partial charge in [0.2, 0.25) is 0 Å². The Morgan fingerprint density at radius 3 is 2.85 bits per heavy atom. The summed E-state index contributed by atoms with van der Waals surface area (Å²) in [6.07, 6.45) is 1.50. The largest absolute Gasteiger partial charge is 0.375 e. The number of aromatic nitrogens is 5. The van der Waals surface area contributed by atoms with Gasteiger partial charge in [-0.05, 0) is 18.6 Å². The number of thioether (sulfide) groups is 1. The third-order valence-corrected chi connectivity index (χ3v) is 8.87. The summed E-state index contributed by atoms with van der Waals surface area (Å²) in [6, 6.07) is 13.4. The highest BCUT2D eigenvalue weighted by Gasteiger charge is 2.52. The zero-order valence-corrected chi connectivity index (χ0v) is 23.3. The first-order valence-electron chi connectivity index (χ1n) is 12.1. The minimum Gasteiger partial charge on any atom is -0.375 e. The number of hydrogen-bond donors (Lipinski definition) is 0. The fraction of sp³-hybridized carbons (Fsp3) is 0.346. The molecule has 6 atom stereocenters. The molecule has 0 spiro atoms. The van der Waals surface area contributed by atoms with E-state index in [2.05, 4.69) is 26.3 Å². The second-order valence-corrected chi connectivity index (χ2v) is 11.4. The Balaban J connectivity index is 1.37. The molecule has 0 aliphatic carbocycles. The first-order chi connectivity index (χ1) is 19.0. The van der Waals surface area contributed by atoms with Gasteiger partial charge in [0, 0.05) is 29.1 Å². The zero-order chi connectivity index (χ0) is 26.9. The molecule has 200 valence electrons. The lowest BCUT2D eigenvalue weighted by Gasteiger charge is -2.48. The highest BCUT2D eigenvalue weighted by Crippen LogP contribution is 2.45. The van der Waals surface area contributed by atoms with Crippen LogP contribution in [0.3, 0.4) is 0 Å². The highest BCUT2D eigenvalue weighted by atomic mass is 35.5. The Kier molecular flexibility index (Phi) is 7.64. The van der Waals surface area contributed by atoms with Crippen LogP contribution in [0.25, 0.3) is 10.7 Å². The van der Waals surface area contributed by atoms with Crippen LogP contribution in [0.5, 0.6) is 0 Å². The number of thiazole rings is 1. The number of nitriles is 1. The molecule has 2 aliphatic heterocycles. The Labute approximate surface area is 237 Å². The number of fused-ring (bicyclic) bond motifs is 1. The summed E-state index contributed by atoms with van der Waals surface area (Å²) >= 11 is 8.83. The molecular weight excluding hydrogens is 560 g/mol. The van der Waals surface area contributed by atoms with Crippen LogP contribution in [-0.4, -0.2) is 62.4 Å². The third-order valence-electron chi connectivity index (χ3n) is 6.50. The van der Waals surface area contributed by atoms with Crippen molar-refractivity contribution in [3.8, 4) is 16.8 Å². The monoisotopic (exact) mass is 582 g/mol. The molecule has 6 unspecified atom stereocenters. The fourth-order valence-corrected chi connectivity index (χ4v) is 6.94. The van der Waals surface area contributed by atoms with Gasteiger partial charge in [-0.1, -0.05) is 58.9 Å². The smallest absolute Gasteiger partial charge is 0.184 e. The Morgan fingerprint density at radius 1 is 1.26 bits per heavy atom. The van der Waals surface area contributed by atoms with E-state index in [1.807, 2.05) is 49.5 Å². The number of methoxy groups -OCH3 is 1. The molecule has 0 saturated carbocycles. The maximum absolute atomic E-state index is 9.65. The van der Waals surface area contributed by atoms with Crippen molar-refractivity contribution in [2.75, 3.05) is 13.7 Å². The van der Waals surface area contributed by atoms with Crippen LogP contribution in [0.4, 0.5) is 0 Å². The molecule has 2 aliphatic rings. The van der Waals surface area contributed by atoms with Crippen LogP contribution in [0.1, 0.15) is 29.2 Å². The summed E-state index contributed by atoms with van der Waals surface area (Å²) in [4.78, 5) is 9.32. The number of benzene rings is 1. The maximum atomic E-state index is 9.65. The molecule has 0 amide bonds. The van der Waals surface area contributed by atoms with Crippen LogP contribution in [0, 0.1) is 18.3 Å². The van der Waals surface area contributed by atoms with Crippen molar-refractivity contribution in [3.63, 3.8) is 0 Å². The molecule has 0 N–H and O–H groups in total. The van der Waals surface area contributed by atoms with Gasteiger partial charge >= 0.3 is 0 Å². The highest BCUT2D eigenvalue weighted by molar-refractivity contribution is 7.99. The number of hydrogen-bond acceptors (Lipinski definition) is 11. The van der Waals surface area contributed by atoms with Gasteiger partial charge in [-0.2, -0.15) is 5.26 Å². The lowest BCUT2D eigenvalue weighted by molar-refractivity contribution is -0.308. The van der Waals surface area contributed by atoms with Crippen molar-refractivity contribution >= 4 is 34.7 Å². The van der Waals surface area contributed by atoms with Gasteiger partial charge in [-0.15, -0.1) is 16.4 Å². The van der Waals surface area contributed by atoms with Crippen molar-refractivity contribution < 1.29 is 18.9 Å². The normalized spacial score (nSPS) is 26.6. The first-order valence-corrected chi connectivity index (χ1v) is 14.2. The maximum Gasteiger partial charge on any atom is 0.184 e. The standard InChI is InChI=1S/C26H23ClN6O4S2/c1-14-8-19(16(9-28)29-10-14)39-26-23(34-2)21(33-11-17(31-32-33)24-30-20(27)13-38-24)22-18(36-26)12-35-25(37-22)15-6-4-3-5-7-15/h3-8,10-11,13,18,21-23,25-26H,12H2,1-2H3. The van der Waals surface area contributed by atoms with Crippen LogP contribution in [-0.2, 0) is 18.9 Å². The summed E-state index contributed by atoms with van der Waals surface area (Å²) < 4.78 is 27.0. The summed E-state index contributed by atoms with van der Waals surface area (Å²) in [5.41, 5.74) is 2.25. The summed E-state index contributed by atoms with van der Waals surface area (Å²) in [6.45, 7) is 2.23. The molecule has 13 heteroatoms. The molecule has 2 fully saturated rings. The molecular formula is C26H23ClN6O4S2. The molecule has 1 aromatic carbocycles. The van der Waals surface area contributed by atoms with Crippen LogP contribution in [0.15, 0.2) is 59.1 Å². The van der Waals surface area contributed by atoms with E-state index in [9.17, 15) is 5.26 Å². The van der Waals surface area contributed by atoms with Gasteiger partial charge < -0.3 is 18.9 Å². The quantitative estimate of drug-likeness (QED) is 0.313. The van der Waals surface area contributed by atoms with Crippen molar-refractivity contribution in [2.24, 2.45) is 0 Å². The van der Waals surface area contributed by atoms with E-state index in [1.165, 1.54) is 23.1 Å². The zero-order valence-electron chi connectivity index (χ0n) is 20.9. The number of aryl methyl sites for hydroxylation is 1. The first kappa shape index (κ1) is 26.3. The molecule has 10 nitrogen and oxygen atoms in total. The van der Waals surface area contributed by atoms with E-state index in [0.29, 0.717) is 33.1 Å². The molecule has 2 saturated heterocycles. The molecule has 4 aromatic rings. The van der Waals surface area contributed by atoms with Gasteiger partial charge in [-0.3, -0.25) is 0 Å². The van der Waals surface area contributed by atoms with E-state index in [-0.39, 0.29) is 0 Å². The Hall–Kier alpha value is -2.89. The lowest BCUT2D eigenvalue weighted by atomic mass is 9.96. The summed E-state index contributed by atoms with van der Waals surface area (Å²) in [5.74, 6) is 0. The molecule has 3 aromatic heterocycles. The number of ether oxygens (including phenoxy) is 4. The molecule has 5 heterocycles. The van der Waals surface area contributed by atoms with Crippen molar-refractivity contribution in [1.29, 1.82) is 5.26 Å². The van der Waals surface area contributed by atoms with Crippen LogP contribution >= 0.6 is 34.7 Å². The lowest BCUT2D eigenvalue weighted by Crippen LogP contribution is -2.59. The van der Waals surface area contributed by atoms with Gasteiger partial charge in [0.25, 0.3) is 0 Å². The predicted octanol–water partition coefficient (Wildman–Crippen LogP) is 4.82. The SMILES string of the molecule is COC1C(Sc2cc(C)cnc2C#N)OC2COC(c3ccccc3)OC2C1n1cc(-c2nc(Cl)cs2)nn1. The second-order valence-electron chi connectivity index (χ2n) is 9.06. The van der Waals surface area contributed by atoms with Crippen molar-refractivity contribution in [1.82, 2.24) is 25.0 Å². The minimum absolute atomic E-state index is 0.301. The minimum atomic E-state index is -0.577. The van der Waals surface area contributed by atoms with Gasteiger partial charge in [-0.25, -0.2) is 14.6 Å². The number of pyridine rings is 1. The van der Waals surface area contributed by atoms with Gasteiger partial charge in [0.1, 0.15) is 51.7 Å². The predicted molar refractivity (Wildman–Crippen MR) is 144 cm³/mol. The number of nitrogens with zero attached hydrogens (tertiary/aromatic N) is 6. The number of halogens is 1. The molecule has 39 heavy (non-hydrogen) atoms. The Bertz CT molecular complexity index is 1500. The van der Waals surface area contributed by atoms with E-state index in [1.54, 1.807) is 23.4 Å². The molecule has 0 radical (unpaired) electrons. The van der Waals surface area contributed by atoms with Crippen molar-refractivity contribution in [3.05, 3.63) is 76.1 Å². The summed E-state index contributed by atoms with van der Waals surface area (Å²) in [7, 11) is 1.63. The Morgan fingerprint density at radius 2 is 2.10 bits per heavy atom. The van der Waals surface area contributed by atoms with Gasteiger partial charge in [0.15, 0.2) is 12.0 Å². The van der Waals surface area contributed by atoms with E-state index >= 15 is 0 Å². The summed E-state index contributed by atoms with van der Waals surface area (Å²) in [5, 5.41) is 21.3. The van der Waals surface area contributed by atoms with E-state index in [0.717, 1.165) is 11.1 Å². The number of rotatable bonds is 6. The molecule has 0 bridgehead atoms. The topological polar surface area (TPSA) is 117 Å². The average molecular weight is 583 g/mol. The second kappa shape index (κ2) is 11.3. The van der Waals surface area contributed by atoms with Crippen LogP contribution in [0.2, 0.25) is 5.15 Å². The third kappa shape index (κ3) is 5.31. The average Bonchev–Trinajstić information content (AvgIpc) is 3.62. The fourth-order valence-electron chi connectivity index (χ4n) is 4.73. The van der Waals surface area contributed by atoms with Crippen LogP contribution < -0.4 is 0 Å². The van der Waals surface area contributed by atoms with E-state index < -0.39 is 36.1 Å². The van der Waals surface area contributed by atoms with Crippen molar-refractivity contribution in [2.45, 2.75) is 47.9 Å². The molecule has 6 rings (SSSR count).